The Morgan fingerprint density at radius 2 is 1.47 bits per heavy atom. The lowest BCUT2D eigenvalue weighted by Gasteiger charge is -2.09. The van der Waals surface area contributed by atoms with Crippen LogP contribution in [-0.2, 0) is 0 Å². The van der Waals surface area contributed by atoms with Crippen LogP contribution in [-0.4, -0.2) is 18.3 Å². The molecule has 0 aliphatic heterocycles. The van der Waals surface area contributed by atoms with Crippen molar-refractivity contribution < 1.29 is 9.59 Å². The van der Waals surface area contributed by atoms with E-state index >= 15 is 0 Å². The summed E-state index contributed by atoms with van der Waals surface area (Å²) in [5.74, 6) is 8.75. The van der Waals surface area contributed by atoms with Crippen molar-refractivity contribution in [2.75, 3.05) is 0 Å². The first-order chi connectivity index (χ1) is 7.20. The van der Waals surface area contributed by atoms with E-state index < -0.39 is 18.3 Å². The van der Waals surface area contributed by atoms with Gasteiger partial charge in [-0.15, -0.1) is 0 Å². The van der Waals surface area contributed by atoms with Crippen LogP contribution in [0.1, 0.15) is 0 Å². The number of rotatable bonds is 3. The summed E-state index contributed by atoms with van der Waals surface area (Å²) in [6, 6.07) is 8.51. The average molecular weight is 206 g/mol. The van der Waals surface area contributed by atoms with E-state index in [0.29, 0.717) is 5.46 Å². The van der Waals surface area contributed by atoms with Gasteiger partial charge in [-0.05, 0) is 0 Å². The molecule has 0 fully saturated rings. The average Bonchev–Trinajstić information content (AvgIpc) is 2.30. The molecule has 0 aromatic heterocycles. The molecule has 0 aliphatic carbocycles. The fraction of sp³-hybridized carbons (Fsp3) is 0. The van der Waals surface area contributed by atoms with Crippen molar-refractivity contribution in [2.45, 2.75) is 0 Å². The number of nitrogens with two attached hydrogens (primary N) is 2. The fourth-order valence-electron chi connectivity index (χ4n) is 1.23. The van der Waals surface area contributed by atoms with Crippen LogP contribution in [0.3, 0.4) is 0 Å². The molecule has 1 aromatic carbocycles. The third-order valence-corrected chi connectivity index (χ3v) is 1.94. The van der Waals surface area contributed by atoms with Gasteiger partial charge in [-0.3, -0.25) is 9.59 Å². The Labute approximate surface area is 87.0 Å². The van der Waals surface area contributed by atoms with Crippen molar-refractivity contribution in [3.8, 4) is 0 Å². The molecule has 7 heteroatoms. The zero-order chi connectivity index (χ0) is 11.3. The van der Waals surface area contributed by atoms with Crippen LogP contribution in [0, 0.1) is 0 Å². The molecule has 0 aliphatic rings. The lowest BCUT2D eigenvalue weighted by atomic mass is 9.43. The summed E-state index contributed by atoms with van der Waals surface area (Å²) in [7, 11) is 0. The second-order valence-corrected chi connectivity index (χ2v) is 2.86. The van der Waals surface area contributed by atoms with Gasteiger partial charge in [-0.25, -0.2) is 11.7 Å². The topological polar surface area (TPSA) is 110 Å². The predicted molar refractivity (Wildman–Crippen MR) is 57.3 cm³/mol. The standard InChI is InChI=1S/C8H11BN4O2/c10-12-7(14)9(8(15)13-11)6-4-2-1-3-5-6/h1-5H,10-11H2,(H,12,14)(H,13,15). The zero-order valence-electron chi connectivity index (χ0n) is 7.94. The summed E-state index contributed by atoms with van der Waals surface area (Å²) >= 11 is 0. The Bertz CT molecular complexity index is 341. The molecule has 0 radical (unpaired) electrons. The van der Waals surface area contributed by atoms with E-state index in [9.17, 15) is 9.59 Å². The lowest BCUT2D eigenvalue weighted by molar-refractivity contribution is 0.254. The summed E-state index contributed by atoms with van der Waals surface area (Å²) in [6.45, 7) is -1.03. The summed E-state index contributed by atoms with van der Waals surface area (Å²) in [4.78, 5) is 22.7. The number of hydrogen-bond acceptors (Lipinski definition) is 4. The number of carbonyl (C=O) groups is 2. The molecule has 78 valence electrons. The Balaban J connectivity index is 3.02. The van der Waals surface area contributed by atoms with Gasteiger partial charge >= 0.3 is 6.71 Å². The number of hydrazine groups is 2. The largest absolute Gasteiger partial charge is 0.392 e. The van der Waals surface area contributed by atoms with Crippen LogP contribution in [0.25, 0.3) is 0 Å². The second-order valence-electron chi connectivity index (χ2n) is 2.86. The molecule has 0 unspecified atom stereocenters. The molecular formula is C8H11BN4O2. The fourth-order valence-corrected chi connectivity index (χ4v) is 1.23. The second kappa shape index (κ2) is 5.13. The highest BCUT2D eigenvalue weighted by Crippen LogP contribution is 1.91. The SMILES string of the molecule is NNC(=O)B(C(=O)NN)c1ccccc1. The van der Waals surface area contributed by atoms with E-state index in [2.05, 4.69) is 0 Å². The molecule has 6 nitrogen and oxygen atoms in total. The van der Waals surface area contributed by atoms with Crippen LogP contribution in [0.2, 0.25) is 0 Å². The molecule has 1 rings (SSSR count). The molecule has 0 saturated heterocycles. The predicted octanol–water partition coefficient (Wildman–Crippen LogP) is -1.28. The Morgan fingerprint density at radius 1 is 1.00 bits per heavy atom. The van der Waals surface area contributed by atoms with Gasteiger partial charge in [0.15, 0.2) is 0 Å². The maximum Gasteiger partial charge on any atom is 0.392 e. The Hall–Kier alpha value is -1.86. The summed E-state index contributed by atoms with van der Waals surface area (Å²) in [5, 5.41) is 0. The first-order valence-corrected chi connectivity index (χ1v) is 4.26. The van der Waals surface area contributed by atoms with Crippen molar-refractivity contribution in [1.29, 1.82) is 0 Å². The van der Waals surface area contributed by atoms with E-state index in [1.54, 1.807) is 30.3 Å². The Morgan fingerprint density at radius 3 is 1.87 bits per heavy atom. The minimum atomic E-state index is -1.03. The summed E-state index contributed by atoms with van der Waals surface area (Å²) in [6.07, 6.45) is 0. The van der Waals surface area contributed by atoms with Gasteiger partial charge in [0.1, 0.15) is 0 Å². The first kappa shape index (κ1) is 11.2. The highest BCUT2D eigenvalue weighted by molar-refractivity contribution is 7.18. The molecule has 1 aromatic rings. The summed E-state index contributed by atoms with van der Waals surface area (Å²) < 4.78 is 0. The van der Waals surface area contributed by atoms with Gasteiger partial charge in [-0.2, -0.15) is 0 Å². The maximum atomic E-state index is 11.4. The zero-order valence-corrected chi connectivity index (χ0v) is 7.94. The molecule has 6 N–H and O–H groups in total. The molecule has 0 bridgehead atoms. The van der Waals surface area contributed by atoms with Gasteiger partial charge in [0.05, 0.1) is 0 Å². The highest BCUT2D eigenvalue weighted by Gasteiger charge is 2.33. The van der Waals surface area contributed by atoms with E-state index in [0.717, 1.165) is 0 Å². The van der Waals surface area contributed by atoms with Gasteiger partial charge in [0, 0.05) is 0 Å². The van der Waals surface area contributed by atoms with Crippen molar-refractivity contribution in [2.24, 2.45) is 11.7 Å². The molecule has 0 saturated carbocycles. The van der Waals surface area contributed by atoms with Gasteiger partial charge < -0.3 is 10.9 Å². The van der Waals surface area contributed by atoms with Crippen LogP contribution in [0.5, 0.6) is 0 Å². The number of benzene rings is 1. The maximum absolute atomic E-state index is 11.4. The minimum Gasteiger partial charge on any atom is -0.302 e. The Kier molecular flexibility index (Phi) is 3.84. The van der Waals surface area contributed by atoms with Crippen molar-refractivity contribution in [1.82, 2.24) is 10.9 Å². The third-order valence-electron chi connectivity index (χ3n) is 1.94. The highest BCUT2D eigenvalue weighted by atomic mass is 16.2. The monoisotopic (exact) mass is 206 g/mol. The van der Waals surface area contributed by atoms with Gasteiger partial charge in [0.2, 0.25) is 11.6 Å². The third kappa shape index (κ3) is 2.55. The van der Waals surface area contributed by atoms with E-state index in [4.69, 9.17) is 11.7 Å². The number of amides is 2. The lowest BCUT2D eigenvalue weighted by Crippen LogP contribution is -2.57. The van der Waals surface area contributed by atoms with E-state index in [-0.39, 0.29) is 0 Å². The number of carbonyl (C=O) groups excluding carboxylic acids is 2. The van der Waals surface area contributed by atoms with Crippen molar-refractivity contribution in [3.05, 3.63) is 30.3 Å². The smallest absolute Gasteiger partial charge is 0.302 e. The van der Waals surface area contributed by atoms with Crippen LogP contribution >= 0.6 is 0 Å². The van der Waals surface area contributed by atoms with Crippen LogP contribution in [0.15, 0.2) is 30.3 Å². The van der Waals surface area contributed by atoms with Gasteiger partial charge in [0.25, 0.3) is 0 Å². The summed E-state index contributed by atoms with van der Waals surface area (Å²) in [5.41, 5.74) is 4.38. The quantitative estimate of drug-likeness (QED) is 0.213. The molecule has 2 amide bonds. The number of nitrogens with one attached hydrogen (secondary N) is 2. The first-order valence-electron chi connectivity index (χ1n) is 4.26. The van der Waals surface area contributed by atoms with Crippen molar-refractivity contribution >= 4 is 23.8 Å². The van der Waals surface area contributed by atoms with Crippen LogP contribution < -0.4 is 28.0 Å². The van der Waals surface area contributed by atoms with E-state index in [1.165, 1.54) is 0 Å². The van der Waals surface area contributed by atoms with Crippen molar-refractivity contribution in [3.63, 3.8) is 0 Å². The molecular weight excluding hydrogens is 195 g/mol. The number of hydrogen-bond donors (Lipinski definition) is 4. The van der Waals surface area contributed by atoms with Gasteiger partial charge in [-0.1, -0.05) is 35.8 Å². The molecule has 0 spiro atoms. The molecule has 0 atom stereocenters. The van der Waals surface area contributed by atoms with E-state index in [1.807, 2.05) is 10.9 Å². The molecule has 15 heavy (non-hydrogen) atoms. The molecule has 0 heterocycles. The normalized spacial score (nSPS) is 9.20. The minimum absolute atomic E-state index is 0.531. The van der Waals surface area contributed by atoms with Crippen LogP contribution in [0.4, 0.5) is 9.59 Å².